The molecular formula is C16H26ClN3O2. The van der Waals surface area contributed by atoms with Crippen molar-refractivity contribution in [1.29, 1.82) is 0 Å². The van der Waals surface area contributed by atoms with E-state index in [1.54, 1.807) is 13.2 Å². The molecule has 1 unspecified atom stereocenters. The van der Waals surface area contributed by atoms with Gasteiger partial charge in [0.1, 0.15) is 11.9 Å². The van der Waals surface area contributed by atoms with Gasteiger partial charge in [-0.2, -0.15) is 0 Å². The number of guanidine groups is 1. The molecule has 5 nitrogen and oxygen atoms in total. The van der Waals surface area contributed by atoms with E-state index in [1.165, 1.54) is 0 Å². The Labute approximate surface area is 138 Å². The molecule has 0 fully saturated rings. The number of nitrogens with one attached hydrogen (secondary N) is 2. The number of hydrogen-bond acceptors (Lipinski definition) is 3. The highest BCUT2D eigenvalue weighted by Gasteiger charge is 2.05. The van der Waals surface area contributed by atoms with Crippen molar-refractivity contribution in [3.8, 4) is 5.75 Å². The molecule has 1 atom stereocenters. The second kappa shape index (κ2) is 11.2. The second-order valence-electron chi connectivity index (χ2n) is 4.88. The maximum absolute atomic E-state index is 5.94. The minimum atomic E-state index is -0.0344. The van der Waals surface area contributed by atoms with Gasteiger partial charge in [0, 0.05) is 31.8 Å². The number of rotatable bonds is 9. The Balaban J connectivity index is 2.43. The molecular weight excluding hydrogens is 302 g/mol. The maximum atomic E-state index is 5.94. The van der Waals surface area contributed by atoms with Crippen LogP contribution in [0.4, 0.5) is 0 Å². The monoisotopic (exact) mass is 327 g/mol. The van der Waals surface area contributed by atoms with E-state index in [0.29, 0.717) is 11.6 Å². The Morgan fingerprint density at radius 3 is 2.86 bits per heavy atom. The van der Waals surface area contributed by atoms with Crippen LogP contribution in [0.5, 0.6) is 5.75 Å². The summed E-state index contributed by atoms with van der Waals surface area (Å²) >= 11 is 5.94. The van der Waals surface area contributed by atoms with E-state index in [4.69, 9.17) is 21.1 Å². The zero-order valence-corrected chi connectivity index (χ0v) is 14.3. The van der Waals surface area contributed by atoms with Gasteiger partial charge in [-0.15, -0.1) is 0 Å². The summed E-state index contributed by atoms with van der Waals surface area (Å²) in [5, 5.41) is 7.14. The van der Waals surface area contributed by atoms with E-state index < -0.39 is 0 Å². The van der Waals surface area contributed by atoms with Gasteiger partial charge in [-0.25, -0.2) is 4.99 Å². The zero-order chi connectivity index (χ0) is 16.2. The number of ether oxygens (including phenoxy) is 2. The summed E-state index contributed by atoms with van der Waals surface area (Å²) < 4.78 is 10.8. The SMILES string of the molecule is CCNC(=NCC(C)Oc1cccc(Cl)c1)NCCCOC. The van der Waals surface area contributed by atoms with Crippen LogP contribution in [0.15, 0.2) is 29.3 Å². The lowest BCUT2D eigenvalue weighted by Gasteiger charge is -2.15. The molecule has 2 N–H and O–H groups in total. The van der Waals surface area contributed by atoms with E-state index in [-0.39, 0.29) is 6.10 Å². The Kier molecular flexibility index (Phi) is 9.42. The number of halogens is 1. The highest BCUT2D eigenvalue weighted by atomic mass is 35.5. The van der Waals surface area contributed by atoms with Crippen molar-refractivity contribution in [2.45, 2.75) is 26.4 Å². The molecule has 0 spiro atoms. The molecule has 0 radical (unpaired) electrons. The van der Waals surface area contributed by atoms with Crippen molar-refractivity contribution in [2.24, 2.45) is 4.99 Å². The normalized spacial score (nSPS) is 12.8. The van der Waals surface area contributed by atoms with Gasteiger partial charge in [0.15, 0.2) is 5.96 Å². The van der Waals surface area contributed by atoms with Gasteiger partial charge >= 0.3 is 0 Å². The molecule has 0 aromatic heterocycles. The quantitative estimate of drug-likeness (QED) is 0.416. The number of nitrogens with zero attached hydrogens (tertiary/aromatic N) is 1. The number of methoxy groups -OCH3 is 1. The van der Waals surface area contributed by atoms with Crippen LogP contribution in [0, 0.1) is 0 Å². The maximum Gasteiger partial charge on any atom is 0.191 e. The van der Waals surface area contributed by atoms with E-state index in [2.05, 4.69) is 15.6 Å². The van der Waals surface area contributed by atoms with Gasteiger partial charge in [0.2, 0.25) is 0 Å². The van der Waals surface area contributed by atoms with Gasteiger partial charge < -0.3 is 20.1 Å². The fourth-order valence-electron chi connectivity index (χ4n) is 1.79. The largest absolute Gasteiger partial charge is 0.489 e. The number of aliphatic imine (C=N–C) groups is 1. The van der Waals surface area contributed by atoms with Gasteiger partial charge in [-0.1, -0.05) is 17.7 Å². The lowest BCUT2D eigenvalue weighted by molar-refractivity contribution is 0.195. The first-order valence-corrected chi connectivity index (χ1v) is 7.96. The molecule has 22 heavy (non-hydrogen) atoms. The number of hydrogen-bond donors (Lipinski definition) is 2. The molecule has 124 valence electrons. The standard InChI is InChI=1S/C16H26ClN3O2/c1-4-18-16(19-9-6-10-21-3)20-12-13(2)22-15-8-5-7-14(17)11-15/h5,7-8,11,13H,4,6,9-10,12H2,1-3H3,(H2,18,19,20). The Bertz CT molecular complexity index is 455. The van der Waals surface area contributed by atoms with Crippen LogP contribution in [0.1, 0.15) is 20.3 Å². The lowest BCUT2D eigenvalue weighted by atomic mass is 10.3. The molecule has 1 rings (SSSR count). The second-order valence-corrected chi connectivity index (χ2v) is 5.32. The smallest absolute Gasteiger partial charge is 0.191 e. The third kappa shape index (κ3) is 8.10. The molecule has 1 aromatic rings. The van der Waals surface area contributed by atoms with Crippen LogP contribution >= 0.6 is 11.6 Å². The van der Waals surface area contributed by atoms with E-state index in [1.807, 2.05) is 32.0 Å². The van der Waals surface area contributed by atoms with E-state index in [9.17, 15) is 0 Å². The van der Waals surface area contributed by atoms with Crippen LogP contribution in [0.2, 0.25) is 5.02 Å². The van der Waals surface area contributed by atoms with Crippen LogP contribution in [0.3, 0.4) is 0 Å². The molecule has 1 aromatic carbocycles. The number of benzene rings is 1. The average molecular weight is 328 g/mol. The third-order valence-corrected chi connectivity index (χ3v) is 3.04. The van der Waals surface area contributed by atoms with Crippen LogP contribution in [-0.4, -0.2) is 45.4 Å². The predicted octanol–water partition coefficient (Wildman–Crippen LogP) is 2.70. The first kappa shape index (κ1) is 18.6. The molecule has 0 heterocycles. The van der Waals surface area contributed by atoms with Crippen molar-refractivity contribution in [3.63, 3.8) is 0 Å². The first-order valence-electron chi connectivity index (χ1n) is 7.59. The highest BCUT2D eigenvalue weighted by molar-refractivity contribution is 6.30. The summed E-state index contributed by atoms with van der Waals surface area (Å²) in [5.41, 5.74) is 0. The molecule has 0 aliphatic rings. The van der Waals surface area contributed by atoms with Gasteiger partial charge in [0.05, 0.1) is 6.54 Å². The zero-order valence-electron chi connectivity index (χ0n) is 13.6. The van der Waals surface area contributed by atoms with E-state index >= 15 is 0 Å². The Morgan fingerprint density at radius 2 is 2.18 bits per heavy atom. The van der Waals surface area contributed by atoms with Crippen LogP contribution in [-0.2, 0) is 4.74 Å². The summed E-state index contributed by atoms with van der Waals surface area (Å²) in [7, 11) is 1.70. The highest BCUT2D eigenvalue weighted by Crippen LogP contribution is 2.18. The topological polar surface area (TPSA) is 54.9 Å². The molecule has 0 aliphatic carbocycles. The van der Waals surface area contributed by atoms with Crippen molar-refractivity contribution < 1.29 is 9.47 Å². The van der Waals surface area contributed by atoms with Crippen molar-refractivity contribution in [1.82, 2.24) is 10.6 Å². The Morgan fingerprint density at radius 1 is 1.36 bits per heavy atom. The van der Waals surface area contributed by atoms with Gasteiger partial charge in [-0.05, 0) is 38.5 Å². The summed E-state index contributed by atoms with van der Waals surface area (Å²) in [6.45, 7) is 6.97. The summed E-state index contributed by atoms with van der Waals surface area (Å²) in [4.78, 5) is 4.53. The van der Waals surface area contributed by atoms with Crippen LogP contribution in [0.25, 0.3) is 0 Å². The third-order valence-electron chi connectivity index (χ3n) is 2.80. The minimum Gasteiger partial charge on any atom is -0.489 e. The fourth-order valence-corrected chi connectivity index (χ4v) is 1.98. The average Bonchev–Trinajstić information content (AvgIpc) is 2.49. The molecule has 0 saturated carbocycles. The van der Waals surface area contributed by atoms with Crippen molar-refractivity contribution in [2.75, 3.05) is 33.4 Å². The lowest BCUT2D eigenvalue weighted by Crippen LogP contribution is -2.38. The van der Waals surface area contributed by atoms with Crippen molar-refractivity contribution in [3.05, 3.63) is 29.3 Å². The molecule has 6 heteroatoms. The fraction of sp³-hybridized carbons (Fsp3) is 0.562. The van der Waals surface area contributed by atoms with Gasteiger partial charge in [0.25, 0.3) is 0 Å². The van der Waals surface area contributed by atoms with E-state index in [0.717, 1.165) is 37.8 Å². The minimum absolute atomic E-state index is 0.0344. The molecule has 0 aliphatic heterocycles. The Hall–Kier alpha value is -1.46. The summed E-state index contributed by atoms with van der Waals surface area (Å²) in [6.07, 6.45) is 0.906. The summed E-state index contributed by atoms with van der Waals surface area (Å²) in [6, 6.07) is 7.38. The first-order chi connectivity index (χ1) is 10.7. The molecule has 0 amide bonds. The van der Waals surface area contributed by atoms with Gasteiger partial charge in [-0.3, -0.25) is 0 Å². The van der Waals surface area contributed by atoms with Crippen LogP contribution < -0.4 is 15.4 Å². The summed E-state index contributed by atoms with van der Waals surface area (Å²) in [5.74, 6) is 1.55. The van der Waals surface area contributed by atoms with Crippen molar-refractivity contribution >= 4 is 17.6 Å². The molecule has 0 saturated heterocycles. The molecule has 0 bridgehead atoms. The predicted molar refractivity (Wildman–Crippen MR) is 92.0 cm³/mol.